The summed E-state index contributed by atoms with van der Waals surface area (Å²) in [6, 6.07) is 11.1. The van der Waals surface area contributed by atoms with Crippen LogP contribution in [0, 0.1) is 17.3 Å². The van der Waals surface area contributed by atoms with E-state index in [1.807, 2.05) is 30.3 Å². The highest BCUT2D eigenvalue weighted by Gasteiger charge is 2.47. The molecule has 1 aromatic heterocycles. The Morgan fingerprint density at radius 1 is 1.21 bits per heavy atom. The molecule has 1 saturated heterocycles. The molecule has 1 amide bonds. The molecule has 2 fully saturated rings. The van der Waals surface area contributed by atoms with Crippen molar-refractivity contribution in [1.82, 2.24) is 14.5 Å². The largest absolute Gasteiger partial charge is 0.389 e. The summed E-state index contributed by atoms with van der Waals surface area (Å²) in [6.45, 7) is 2.78. The van der Waals surface area contributed by atoms with Crippen molar-refractivity contribution in [2.24, 2.45) is 17.3 Å². The molecule has 1 saturated carbocycles. The van der Waals surface area contributed by atoms with Crippen LogP contribution in [0.1, 0.15) is 45.4 Å². The lowest BCUT2D eigenvalue weighted by Crippen LogP contribution is -2.52. The van der Waals surface area contributed by atoms with Gasteiger partial charge in [0.25, 0.3) is 5.56 Å². The molecule has 2 aliphatic rings. The van der Waals surface area contributed by atoms with Crippen LogP contribution in [0.5, 0.6) is 0 Å². The first-order valence-corrected chi connectivity index (χ1v) is 11.6. The molecule has 1 aliphatic carbocycles. The number of benzene rings is 1. The van der Waals surface area contributed by atoms with Gasteiger partial charge in [0.05, 0.1) is 18.4 Å². The third kappa shape index (κ3) is 5.31. The first kappa shape index (κ1) is 23.5. The van der Waals surface area contributed by atoms with Crippen LogP contribution in [0.4, 0.5) is 13.2 Å². The van der Waals surface area contributed by atoms with Crippen LogP contribution in [0.3, 0.4) is 0 Å². The van der Waals surface area contributed by atoms with E-state index in [0.717, 1.165) is 31.2 Å². The van der Waals surface area contributed by atoms with E-state index in [1.165, 1.54) is 6.92 Å². The van der Waals surface area contributed by atoms with Gasteiger partial charge < -0.3 is 4.90 Å². The first-order valence-electron chi connectivity index (χ1n) is 11.6. The maximum atomic E-state index is 12.8. The maximum Gasteiger partial charge on any atom is 0.389 e. The van der Waals surface area contributed by atoms with E-state index in [4.69, 9.17) is 0 Å². The Balaban J connectivity index is 1.49. The minimum absolute atomic E-state index is 0.116. The maximum absolute atomic E-state index is 12.8. The number of hydrogen-bond acceptors (Lipinski definition) is 3. The fraction of sp³-hybridized carbons (Fsp3) is 0.560. The molecule has 2 atom stereocenters. The van der Waals surface area contributed by atoms with Crippen LogP contribution in [0.2, 0.25) is 0 Å². The lowest BCUT2D eigenvalue weighted by molar-refractivity contribution is -0.161. The smallest absolute Gasteiger partial charge is 0.342 e. The van der Waals surface area contributed by atoms with Gasteiger partial charge in [-0.2, -0.15) is 13.2 Å². The SMILES string of the molecule is C[C@H](CC(F)(F)F)C(=O)N1CCC(Cn2cnc(-c3ccccc3)cc2=O)C2(CCCC2)C1. The van der Waals surface area contributed by atoms with Gasteiger partial charge in [-0.05, 0) is 30.6 Å². The first-order chi connectivity index (χ1) is 15.7. The summed E-state index contributed by atoms with van der Waals surface area (Å²) in [5.41, 5.74) is 1.25. The third-order valence-electron chi connectivity index (χ3n) is 7.36. The second-order valence-corrected chi connectivity index (χ2v) is 9.67. The van der Waals surface area contributed by atoms with Gasteiger partial charge >= 0.3 is 6.18 Å². The average molecular weight is 462 g/mol. The van der Waals surface area contributed by atoms with Crippen LogP contribution in [-0.2, 0) is 11.3 Å². The number of hydrogen-bond donors (Lipinski definition) is 0. The van der Waals surface area contributed by atoms with E-state index >= 15 is 0 Å². The Labute approximate surface area is 191 Å². The molecular weight excluding hydrogens is 431 g/mol. The zero-order valence-electron chi connectivity index (χ0n) is 18.9. The Morgan fingerprint density at radius 3 is 2.55 bits per heavy atom. The molecule has 0 bridgehead atoms. The number of alkyl halides is 3. The van der Waals surface area contributed by atoms with Gasteiger partial charge in [-0.1, -0.05) is 50.1 Å². The minimum Gasteiger partial charge on any atom is -0.342 e. The molecule has 4 rings (SSSR count). The zero-order chi connectivity index (χ0) is 23.6. The number of rotatable bonds is 5. The summed E-state index contributed by atoms with van der Waals surface area (Å²) in [7, 11) is 0. The standard InChI is InChI=1S/C25H30F3N3O2/c1-18(14-25(26,27)28)23(33)30-12-9-20(24(16-30)10-5-6-11-24)15-31-17-29-21(13-22(31)32)19-7-3-2-4-8-19/h2-4,7-8,13,17-18,20H,5-6,9-12,14-16H2,1H3/t18-,20?/m1/s1. The average Bonchev–Trinajstić information content (AvgIpc) is 3.24. The van der Waals surface area contributed by atoms with Crippen LogP contribution < -0.4 is 5.56 Å². The Hall–Kier alpha value is -2.64. The monoisotopic (exact) mass is 461 g/mol. The van der Waals surface area contributed by atoms with Gasteiger partial charge in [0.15, 0.2) is 0 Å². The van der Waals surface area contributed by atoms with E-state index in [1.54, 1.807) is 21.9 Å². The molecule has 5 nitrogen and oxygen atoms in total. The number of nitrogens with zero attached hydrogens (tertiary/aromatic N) is 3. The molecule has 2 heterocycles. The molecule has 1 aliphatic heterocycles. The number of carbonyl (C=O) groups is 1. The second kappa shape index (κ2) is 9.31. The highest BCUT2D eigenvalue weighted by atomic mass is 19.4. The van der Waals surface area contributed by atoms with Crippen molar-refractivity contribution in [3.8, 4) is 11.3 Å². The fourth-order valence-electron chi connectivity index (χ4n) is 5.64. The quantitative estimate of drug-likeness (QED) is 0.636. The van der Waals surface area contributed by atoms with Crippen LogP contribution in [0.25, 0.3) is 11.3 Å². The molecule has 0 N–H and O–H groups in total. The summed E-state index contributed by atoms with van der Waals surface area (Å²) in [5, 5.41) is 0. The zero-order valence-corrected chi connectivity index (χ0v) is 18.9. The molecule has 8 heteroatoms. The fourth-order valence-corrected chi connectivity index (χ4v) is 5.64. The van der Waals surface area contributed by atoms with Gasteiger partial charge in [-0.25, -0.2) is 4.98 Å². The summed E-state index contributed by atoms with van der Waals surface area (Å²) >= 11 is 0. The number of piperidine rings is 1. The summed E-state index contributed by atoms with van der Waals surface area (Å²) in [6.07, 6.45) is 0.770. The summed E-state index contributed by atoms with van der Waals surface area (Å²) < 4.78 is 40.0. The van der Waals surface area contributed by atoms with Gasteiger partial charge in [0.2, 0.25) is 5.91 Å². The lowest BCUT2D eigenvalue weighted by atomic mass is 9.69. The number of halogens is 3. The van der Waals surface area contributed by atoms with E-state index < -0.39 is 24.4 Å². The van der Waals surface area contributed by atoms with E-state index in [-0.39, 0.29) is 16.9 Å². The Morgan fingerprint density at radius 2 is 1.91 bits per heavy atom. The van der Waals surface area contributed by atoms with Crippen molar-refractivity contribution in [2.45, 2.75) is 58.2 Å². The highest BCUT2D eigenvalue weighted by Crippen LogP contribution is 2.49. The third-order valence-corrected chi connectivity index (χ3v) is 7.36. The van der Waals surface area contributed by atoms with Crippen molar-refractivity contribution < 1.29 is 18.0 Å². The molecule has 0 radical (unpaired) electrons. The normalized spacial score (nSPS) is 21.3. The molecule has 33 heavy (non-hydrogen) atoms. The molecule has 2 aromatic rings. The Bertz CT molecular complexity index is 1030. The van der Waals surface area contributed by atoms with E-state index in [2.05, 4.69) is 4.98 Å². The van der Waals surface area contributed by atoms with Crippen molar-refractivity contribution in [3.05, 3.63) is 53.1 Å². The van der Waals surface area contributed by atoms with Crippen molar-refractivity contribution in [1.29, 1.82) is 0 Å². The van der Waals surface area contributed by atoms with Crippen molar-refractivity contribution in [2.75, 3.05) is 13.1 Å². The molecule has 1 aromatic carbocycles. The topological polar surface area (TPSA) is 55.2 Å². The van der Waals surface area contributed by atoms with Crippen LogP contribution in [0.15, 0.2) is 47.5 Å². The predicted octanol–water partition coefficient (Wildman–Crippen LogP) is 4.91. The highest BCUT2D eigenvalue weighted by molar-refractivity contribution is 5.78. The summed E-state index contributed by atoms with van der Waals surface area (Å²) in [4.78, 5) is 31.7. The molecule has 1 spiro atoms. The number of amides is 1. The van der Waals surface area contributed by atoms with Crippen molar-refractivity contribution >= 4 is 5.91 Å². The van der Waals surface area contributed by atoms with Crippen LogP contribution in [-0.4, -0.2) is 39.6 Å². The number of carbonyl (C=O) groups excluding carboxylic acids is 1. The summed E-state index contributed by atoms with van der Waals surface area (Å²) in [5.74, 6) is -1.30. The van der Waals surface area contributed by atoms with E-state index in [0.29, 0.717) is 31.7 Å². The lowest BCUT2D eigenvalue weighted by Gasteiger charge is -2.47. The Kier molecular flexibility index (Phi) is 6.64. The van der Waals surface area contributed by atoms with Gasteiger partial charge in [-0.15, -0.1) is 0 Å². The van der Waals surface area contributed by atoms with Gasteiger partial charge in [0.1, 0.15) is 0 Å². The van der Waals surface area contributed by atoms with E-state index in [9.17, 15) is 22.8 Å². The molecular formula is C25H30F3N3O2. The van der Waals surface area contributed by atoms with Crippen molar-refractivity contribution in [3.63, 3.8) is 0 Å². The van der Waals surface area contributed by atoms with Gasteiger partial charge in [-0.3, -0.25) is 14.2 Å². The number of likely N-dealkylation sites (tertiary alicyclic amines) is 1. The second-order valence-electron chi connectivity index (χ2n) is 9.67. The molecule has 178 valence electrons. The van der Waals surface area contributed by atoms with Gasteiger partial charge in [0, 0.05) is 37.2 Å². The van der Waals surface area contributed by atoms with Crippen LogP contribution >= 0.6 is 0 Å². The predicted molar refractivity (Wildman–Crippen MR) is 119 cm³/mol. The number of aromatic nitrogens is 2. The minimum atomic E-state index is -4.35. The molecule has 1 unspecified atom stereocenters.